The van der Waals surface area contributed by atoms with Crippen LogP contribution < -0.4 is 10.6 Å². The Morgan fingerprint density at radius 3 is 2.33 bits per heavy atom. The number of rotatable bonds is 12. The summed E-state index contributed by atoms with van der Waals surface area (Å²) in [6, 6.07) is 11.1. The molecular weight excluding hydrogens is 620 g/mol. The van der Waals surface area contributed by atoms with Gasteiger partial charge in [0.25, 0.3) is 5.91 Å². The maximum Gasteiger partial charge on any atom is 0.435 e. The highest BCUT2D eigenvalue weighted by Crippen LogP contribution is 2.31. The van der Waals surface area contributed by atoms with E-state index in [1.807, 2.05) is 33.2 Å². The summed E-state index contributed by atoms with van der Waals surface area (Å²) in [6.07, 6.45) is -0.130. The van der Waals surface area contributed by atoms with Crippen LogP contribution in [0.1, 0.15) is 36.7 Å². The summed E-state index contributed by atoms with van der Waals surface area (Å²) in [5.74, 6) is -2.84. The molecule has 11 nitrogen and oxygen atoms in total. The Morgan fingerprint density at radius 1 is 1.00 bits per heavy atom. The summed E-state index contributed by atoms with van der Waals surface area (Å²) in [5.41, 5.74) is 1.93. The number of carbonyl (C=O) groups excluding carboxylic acids is 2. The molecule has 3 aromatic carbocycles. The van der Waals surface area contributed by atoms with Crippen LogP contribution in [0.25, 0.3) is 10.9 Å². The van der Waals surface area contributed by atoms with E-state index in [9.17, 15) is 26.8 Å². The van der Waals surface area contributed by atoms with Crippen LogP contribution in [-0.4, -0.2) is 81.6 Å². The lowest BCUT2D eigenvalue weighted by Gasteiger charge is -2.22. The zero-order chi connectivity index (χ0) is 33.8. The van der Waals surface area contributed by atoms with Gasteiger partial charge in [-0.2, -0.15) is 4.68 Å². The molecule has 14 heteroatoms. The molecule has 0 aliphatic heterocycles. The molecule has 1 aromatic heterocycles. The molecule has 0 bridgehead atoms. The van der Waals surface area contributed by atoms with E-state index < -0.39 is 38.4 Å². The molecule has 2 atom stereocenters. The molecule has 1 amide bonds. The Hall–Kier alpha value is -4.40. The van der Waals surface area contributed by atoms with E-state index >= 15 is 0 Å². The molecule has 0 saturated carbocycles. The lowest BCUT2D eigenvalue weighted by Crippen LogP contribution is -2.27. The van der Waals surface area contributed by atoms with Crippen molar-refractivity contribution < 1.29 is 36.3 Å². The largest absolute Gasteiger partial charge is 0.448 e. The highest BCUT2D eigenvalue weighted by molar-refractivity contribution is 7.91. The van der Waals surface area contributed by atoms with E-state index in [0.29, 0.717) is 30.5 Å². The highest BCUT2D eigenvalue weighted by Gasteiger charge is 2.25. The monoisotopic (exact) mass is 657 g/mol. The fourth-order valence-corrected chi connectivity index (χ4v) is 6.12. The number of hydrogen-bond donors (Lipinski definition) is 2. The van der Waals surface area contributed by atoms with Crippen molar-refractivity contribution >= 4 is 44.2 Å². The first-order valence-electron chi connectivity index (χ1n) is 14.5. The molecule has 1 heterocycles. The van der Waals surface area contributed by atoms with Crippen molar-refractivity contribution in [2.45, 2.75) is 49.1 Å². The third-order valence-corrected chi connectivity index (χ3v) is 9.07. The number of nitrogens with one attached hydrogen (secondary N) is 2. The van der Waals surface area contributed by atoms with Crippen LogP contribution >= 0.6 is 0 Å². The first-order valence-corrected chi connectivity index (χ1v) is 16.0. The Morgan fingerprint density at radius 2 is 1.70 bits per heavy atom. The van der Waals surface area contributed by atoms with Crippen molar-refractivity contribution in [2.24, 2.45) is 0 Å². The number of aromatic nitrogens is 2. The average Bonchev–Trinajstić information content (AvgIpc) is 3.34. The van der Waals surface area contributed by atoms with Gasteiger partial charge in [0.15, 0.2) is 5.82 Å². The van der Waals surface area contributed by atoms with E-state index in [1.54, 1.807) is 20.1 Å². The van der Waals surface area contributed by atoms with Gasteiger partial charge in [-0.25, -0.2) is 22.0 Å². The zero-order valence-corrected chi connectivity index (χ0v) is 27.2. The second-order valence-electron chi connectivity index (χ2n) is 11.1. The predicted molar refractivity (Wildman–Crippen MR) is 170 cm³/mol. The van der Waals surface area contributed by atoms with Crippen molar-refractivity contribution in [3.63, 3.8) is 0 Å². The molecular formula is C32H37F2N5O6S. The van der Waals surface area contributed by atoms with Gasteiger partial charge in [0, 0.05) is 36.3 Å². The van der Waals surface area contributed by atoms with Gasteiger partial charge < -0.3 is 25.0 Å². The smallest absolute Gasteiger partial charge is 0.435 e. The minimum absolute atomic E-state index is 0.0347. The third-order valence-electron chi connectivity index (χ3n) is 7.34. The van der Waals surface area contributed by atoms with Gasteiger partial charge in [0.05, 0.1) is 34.1 Å². The number of hydrogen-bond acceptors (Lipinski definition) is 9. The number of ether oxygens (including phenoxy) is 2. The Kier molecular flexibility index (Phi) is 10.8. The number of halogens is 2. The fraction of sp³-hybridized carbons (Fsp3) is 0.344. The summed E-state index contributed by atoms with van der Waals surface area (Å²) in [6.45, 7) is 6.01. The number of likely N-dealkylation sites (N-methyl/N-ethyl adjacent to an activating group) is 1. The van der Waals surface area contributed by atoms with Crippen LogP contribution in [-0.2, 0) is 25.7 Å². The maximum atomic E-state index is 13.9. The quantitative estimate of drug-likeness (QED) is 0.207. The van der Waals surface area contributed by atoms with E-state index in [1.165, 1.54) is 18.2 Å². The van der Waals surface area contributed by atoms with Gasteiger partial charge in [-0.3, -0.25) is 4.79 Å². The number of anilines is 2. The molecule has 1 unspecified atom stereocenters. The van der Waals surface area contributed by atoms with Gasteiger partial charge in [0.2, 0.25) is 9.84 Å². The van der Waals surface area contributed by atoms with Crippen LogP contribution in [0, 0.1) is 11.6 Å². The van der Waals surface area contributed by atoms with Crippen LogP contribution in [0.5, 0.6) is 0 Å². The van der Waals surface area contributed by atoms with Gasteiger partial charge in [0.1, 0.15) is 11.6 Å². The number of methoxy groups -OCH3 is 1. The lowest BCUT2D eigenvalue weighted by molar-refractivity contribution is 0.102. The molecule has 246 valence electrons. The number of nitrogens with zero attached hydrogens (tertiary/aromatic N) is 3. The molecule has 4 aromatic rings. The van der Waals surface area contributed by atoms with Gasteiger partial charge >= 0.3 is 6.09 Å². The predicted octanol–water partition coefficient (Wildman–Crippen LogP) is 5.34. The molecule has 2 N–H and O–H groups in total. The number of benzene rings is 3. The second-order valence-corrected chi connectivity index (χ2v) is 13.0. The Labute approximate surface area is 266 Å². The Bertz CT molecular complexity index is 1840. The van der Waals surface area contributed by atoms with Crippen molar-refractivity contribution in [3.8, 4) is 0 Å². The number of carbonyl (C=O) groups is 2. The lowest BCUT2D eigenvalue weighted by atomic mass is 10.0. The van der Waals surface area contributed by atoms with Crippen LogP contribution in [0.4, 0.5) is 25.1 Å². The van der Waals surface area contributed by atoms with Crippen LogP contribution in [0.3, 0.4) is 0 Å². The van der Waals surface area contributed by atoms with Crippen molar-refractivity contribution in [2.75, 3.05) is 45.1 Å². The number of sulfone groups is 1. The normalized spacial score (nSPS) is 13.1. The summed E-state index contributed by atoms with van der Waals surface area (Å²) in [4.78, 5) is 27.7. The molecule has 0 radical (unpaired) electrons. The Balaban J connectivity index is 1.79. The second kappa shape index (κ2) is 14.4. The molecule has 0 saturated heterocycles. The average molecular weight is 658 g/mol. The first-order chi connectivity index (χ1) is 21.7. The minimum atomic E-state index is -4.41. The summed E-state index contributed by atoms with van der Waals surface area (Å²) < 4.78 is 65.8. The van der Waals surface area contributed by atoms with E-state index in [0.717, 1.165) is 16.7 Å². The maximum absolute atomic E-state index is 13.9. The molecule has 4 rings (SSSR count). The summed E-state index contributed by atoms with van der Waals surface area (Å²) in [5, 5.41) is 10.3. The van der Waals surface area contributed by atoms with E-state index in [-0.39, 0.29) is 45.9 Å². The molecule has 0 spiro atoms. The fourth-order valence-electron chi connectivity index (χ4n) is 4.79. The van der Waals surface area contributed by atoms with Crippen LogP contribution in [0.15, 0.2) is 64.4 Å². The molecule has 46 heavy (non-hydrogen) atoms. The standard InChI is InChI=1S/C32H37F2N5O6S/c1-7-45-32(41)39-29-11-9-24(46(42,43)25-15-22(33)14-23(34)16-25)17-27(29)30(37-39)36-31(40)26-10-8-21(12-20(3)38(4)5)13-28(26)35-19(2)18-44-6/h8-11,13-17,19-20,35H,7,12,18H2,1-6H3,(H,36,37,40)/t19?,20-/m0/s1. The third kappa shape index (κ3) is 7.69. The van der Waals surface area contributed by atoms with Crippen LogP contribution in [0.2, 0.25) is 0 Å². The summed E-state index contributed by atoms with van der Waals surface area (Å²) in [7, 11) is 1.13. The molecule has 0 aliphatic rings. The molecule has 0 fully saturated rings. The first kappa shape index (κ1) is 34.5. The number of fused-ring (bicyclic) bond motifs is 1. The van der Waals surface area contributed by atoms with Gasteiger partial charge in [-0.05, 0) is 89.3 Å². The van der Waals surface area contributed by atoms with Gasteiger partial charge in [-0.15, -0.1) is 5.10 Å². The minimum Gasteiger partial charge on any atom is -0.448 e. The van der Waals surface area contributed by atoms with Crippen molar-refractivity contribution in [1.29, 1.82) is 0 Å². The van der Waals surface area contributed by atoms with E-state index in [2.05, 4.69) is 27.6 Å². The van der Waals surface area contributed by atoms with Crippen molar-refractivity contribution in [3.05, 3.63) is 77.4 Å². The van der Waals surface area contributed by atoms with Crippen molar-refractivity contribution in [1.82, 2.24) is 14.7 Å². The zero-order valence-electron chi connectivity index (χ0n) is 26.4. The molecule has 0 aliphatic carbocycles. The van der Waals surface area contributed by atoms with Gasteiger partial charge in [-0.1, -0.05) is 6.07 Å². The summed E-state index contributed by atoms with van der Waals surface area (Å²) >= 11 is 0. The topological polar surface area (TPSA) is 132 Å². The van der Waals surface area contributed by atoms with E-state index in [4.69, 9.17) is 9.47 Å². The SMILES string of the molecule is CCOC(=O)n1nc(NC(=O)c2ccc(C[C@H](C)N(C)C)cc2NC(C)COC)c2cc(S(=O)(=O)c3cc(F)cc(F)c3)ccc21. The number of amides is 1. The highest BCUT2D eigenvalue weighted by atomic mass is 32.2.